The second-order valence-electron chi connectivity index (χ2n) is 20.5. The van der Waals surface area contributed by atoms with Gasteiger partial charge in [-0.25, -0.2) is 0 Å². The van der Waals surface area contributed by atoms with Gasteiger partial charge in [-0.3, -0.25) is 0 Å². The minimum atomic E-state index is -0.952. The molecule has 0 saturated heterocycles. The second-order valence-corrected chi connectivity index (χ2v) is 25.4. The third-order valence-electron chi connectivity index (χ3n) is 9.53. The van der Waals surface area contributed by atoms with Crippen molar-refractivity contribution in [2.45, 2.75) is 196 Å². The fourth-order valence-electron chi connectivity index (χ4n) is 6.33. The Balaban J connectivity index is 2.70. The lowest BCUT2D eigenvalue weighted by molar-refractivity contribution is 0.552. The molecule has 2 heteroatoms. The summed E-state index contributed by atoms with van der Waals surface area (Å²) in [5, 5.41) is 3.03. The highest BCUT2D eigenvalue weighted by atomic mass is 32.1. The van der Waals surface area contributed by atoms with Crippen LogP contribution in [0.1, 0.15) is 197 Å². The molecular weight excluding hydrogens is 614 g/mol. The van der Waals surface area contributed by atoms with Crippen LogP contribution < -0.4 is 10.6 Å². The topological polar surface area (TPSA) is 0 Å². The Bertz CT molecular complexity index is 1380. The van der Waals surface area contributed by atoms with E-state index in [1.807, 2.05) is 0 Å². The Labute approximate surface area is 301 Å². The van der Waals surface area contributed by atoms with E-state index in [1.54, 1.807) is 0 Å². The van der Waals surface area contributed by atoms with Gasteiger partial charge in [-0.05, 0) is 78.7 Å². The quantitative estimate of drug-likeness (QED) is 0.218. The van der Waals surface area contributed by atoms with Crippen LogP contribution in [0.5, 0.6) is 0 Å². The van der Waals surface area contributed by atoms with E-state index in [0.29, 0.717) is 0 Å². The molecule has 2 unspecified atom stereocenters. The van der Waals surface area contributed by atoms with Crippen LogP contribution in [0.4, 0.5) is 0 Å². The van der Waals surface area contributed by atoms with E-state index in [1.165, 1.54) is 69.7 Å². The van der Waals surface area contributed by atoms with Gasteiger partial charge in [0, 0.05) is 38.7 Å². The van der Waals surface area contributed by atoms with Gasteiger partial charge >= 0.3 is 0 Å². The van der Waals surface area contributed by atoms with Gasteiger partial charge in [0.05, 0.1) is 0 Å². The van der Waals surface area contributed by atoms with Crippen LogP contribution in [0.25, 0.3) is 0 Å². The van der Waals surface area contributed by atoms with Crippen LogP contribution in [-0.4, -0.2) is 0 Å². The molecule has 0 aromatic heterocycles. The predicted molar refractivity (Wildman–Crippen MR) is 221 cm³/mol. The van der Waals surface area contributed by atoms with Gasteiger partial charge in [0.1, 0.15) is 0 Å². The third kappa shape index (κ3) is 10.0. The number of hydrogen-bond donors (Lipinski definition) is 0. The zero-order chi connectivity index (χ0) is 36.7. The van der Waals surface area contributed by atoms with E-state index in [0.717, 1.165) is 12.8 Å². The highest BCUT2D eigenvalue weighted by molar-refractivity contribution is 8.39. The van der Waals surface area contributed by atoms with Crippen LogP contribution in [0, 0.1) is 23.2 Å². The minimum Gasteiger partial charge on any atom is -0.0979 e. The monoisotopic (exact) mass is 684 g/mol. The lowest BCUT2D eigenvalue weighted by atomic mass is 9.75. The molecule has 0 aliphatic carbocycles. The summed E-state index contributed by atoms with van der Waals surface area (Å²) in [5.74, 6) is 7.67. The molecular formula is C46H70P2. The van der Waals surface area contributed by atoms with Gasteiger partial charge in [-0.2, -0.15) is 0 Å². The summed E-state index contributed by atoms with van der Waals surface area (Å²) in [4.78, 5) is 0. The molecule has 3 rings (SSSR count). The Morgan fingerprint density at radius 1 is 0.375 bits per heavy atom. The first kappa shape index (κ1) is 40.8. The zero-order valence-corrected chi connectivity index (χ0v) is 36.2. The van der Waals surface area contributed by atoms with Crippen molar-refractivity contribution in [1.82, 2.24) is 0 Å². The Morgan fingerprint density at radius 3 is 0.833 bits per heavy atom. The van der Waals surface area contributed by atoms with Crippen molar-refractivity contribution in [3.8, 4) is 23.2 Å². The van der Waals surface area contributed by atoms with Crippen LogP contribution in [0.15, 0.2) is 24.3 Å². The fourth-order valence-corrected chi connectivity index (χ4v) is 13.7. The van der Waals surface area contributed by atoms with Crippen LogP contribution in [0.2, 0.25) is 0 Å². The van der Waals surface area contributed by atoms with Gasteiger partial charge in [0.25, 0.3) is 0 Å². The van der Waals surface area contributed by atoms with E-state index < -0.39 is 15.2 Å². The van der Waals surface area contributed by atoms with Crippen molar-refractivity contribution in [2.24, 2.45) is 0 Å². The first-order chi connectivity index (χ1) is 21.6. The fraction of sp³-hybridized carbons (Fsp3) is 0.652. The molecule has 0 radical (unpaired) electrons. The van der Waals surface area contributed by atoms with E-state index in [4.69, 9.17) is 0 Å². The smallest absolute Gasteiger partial charge is 0.0460 e. The maximum absolute atomic E-state index is 4.13. The van der Waals surface area contributed by atoms with E-state index in [2.05, 4.69) is 172 Å². The standard InChI is InChI=1S/C46H70P2/c1-41(2,3)33-29-35(43(7,8)9)39(36(30-33)44(10,11)12)47-27-25-23-21-19-20-22-24-26-28-48(47)40-37(45(13,14)15)31-34(42(4,5)6)32-38(40)46(16,17)18/h29-32H,19-24H2,1-18H3. The molecule has 0 saturated carbocycles. The number of rotatable bonds is 2. The summed E-state index contributed by atoms with van der Waals surface area (Å²) < 4.78 is 0. The summed E-state index contributed by atoms with van der Waals surface area (Å²) in [7, 11) is -1.90. The molecule has 0 nitrogen and oxygen atoms in total. The first-order valence-electron chi connectivity index (χ1n) is 18.6. The van der Waals surface area contributed by atoms with Crippen LogP contribution in [0.3, 0.4) is 0 Å². The summed E-state index contributed by atoms with van der Waals surface area (Å²) in [6, 6.07) is 10.2. The van der Waals surface area contributed by atoms with Gasteiger partial charge in [0.15, 0.2) is 0 Å². The van der Waals surface area contributed by atoms with Crippen molar-refractivity contribution < 1.29 is 0 Å². The molecule has 0 amide bonds. The molecule has 2 atom stereocenters. The zero-order valence-electron chi connectivity index (χ0n) is 34.4. The molecule has 264 valence electrons. The maximum atomic E-state index is 4.13. The van der Waals surface area contributed by atoms with Gasteiger partial charge < -0.3 is 0 Å². The Morgan fingerprint density at radius 2 is 0.625 bits per heavy atom. The molecule has 0 spiro atoms. The van der Waals surface area contributed by atoms with Crippen molar-refractivity contribution in [3.05, 3.63) is 57.6 Å². The average Bonchev–Trinajstić information content (AvgIpc) is 2.89. The summed E-state index contributed by atoms with van der Waals surface area (Å²) >= 11 is 0. The van der Waals surface area contributed by atoms with Crippen molar-refractivity contribution >= 4 is 25.8 Å². The van der Waals surface area contributed by atoms with Gasteiger partial charge in [0.2, 0.25) is 0 Å². The lowest BCUT2D eigenvalue weighted by Crippen LogP contribution is -2.34. The molecule has 2 aromatic carbocycles. The SMILES string of the molecule is CC(C)(C)c1cc(C(C)(C)C)c(P2C#CCCCCCCC#CP2c2c(C(C)(C)C)cc(C(C)(C)C)cc2C(C)(C)C)c(C(C)(C)C)c1. The van der Waals surface area contributed by atoms with E-state index in [9.17, 15) is 0 Å². The van der Waals surface area contributed by atoms with E-state index >= 15 is 0 Å². The van der Waals surface area contributed by atoms with Crippen molar-refractivity contribution in [3.63, 3.8) is 0 Å². The predicted octanol–water partition coefficient (Wildman–Crippen LogP) is 13.6. The highest BCUT2D eigenvalue weighted by Gasteiger charge is 2.39. The average molecular weight is 685 g/mol. The summed E-state index contributed by atoms with van der Waals surface area (Å²) in [5.41, 5.74) is 17.0. The molecule has 1 heterocycles. The van der Waals surface area contributed by atoms with Gasteiger partial charge in [-0.1, -0.05) is 185 Å². The normalized spacial score (nSPS) is 19.0. The minimum absolute atomic E-state index is 0.0332. The lowest BCUT2D eigenvalue weighted by Gasteiger charge is -2.39. The highest BCUT2D eigenvalue weighted by Crippen LogP contribution is 2.69. The molecule has 48 heavy (non-hydrogen) atoms. The largest absolute Gasteiger partial charge is 0.0979 e. The molecule has 1 aliphatic heterocycles. The summed E-state index contributed by atoms with van der Waals surface area (Å²) in [6.07, 6.45) is 6.83. The van der Waals surface area contributed by atoms with E-state index in [-0.39, 0.29) is 32.5 Å². The molecule has 1 aliphatic rings. The van der Waals surface area contributed by atoms with Gasteiger partial charge in [-0.15, -0.1) is 0 Å². The molecule has 0 N–H and O–H groups in total. The number of benzene rings is 2. The van der Waals surface area contributed by atoms with Crippen LogP contribution >= 0.6 is 15.2 Å². The molecule has 0 fully saturated rings. The molecule has 2 aromatic rings. The van der Waals surface area contributed by atoms with Crippen molar-refractivity contribution in [2.75, 3.05) is 0 Å². The maximum Gasteiger partial charge on any atom is 0.0460 e. The first-order valence-corrected chi connectivity index (χ1v) is 22.0. The van der Waals surface area contributed by atoms with Crippen molar-refractivity contribution in [1.29, 1.82) is 0 Å². The molecule has 0 bridgehead atoms. The summed E-state index contributed by atoms with van der Waals surface area (Å²) in [6.45, 7) is 43.1. The van der Waals surface area contributed by atoms with Crippen LogP contribution in [-0.2, 0) is 32.5 Å². The second kappa shape index (κ2) is 14.6. The number of hydrogen-bond acceptors (Lipinski definition) is 0. The Kier molecular flexibility index (Phi) is 12.4. The third-order valence-corrected chi connectivity index (χ3v) is 15.5. The Hall–Kier alpha value is -1.58.